The molecular weight excluding hydrogens is 1040 g/mol. The van der Waals surface area contributed by atoms with Gasteiger partial charge in [0.1, 0.15) is 34.9 Å². The number of ether oxygens (including phenoxy) is 4. The van der Waals surface area contributed by atoms with Crippen molar-refractivity contribution in [3.05, 3.63) is 71.3 Å². The molecule has 19 heteroatoms. The largest absolute Gasteiger partial charge is 0.480 e. The van der Waals surface area contributed by atoms with Gasteiger partial charge in [0.05, 0.1) is 30.5 Å². The zero-order chi connectivity index (χ0) is 60.3. The Bertz CT molecular complexity index is 1900. The summed E-state index contributed by atoms with van der Waals surface area (Å²) in [5.74, 6) is -2.93. The molecule has 0 saturated carbocycles. The van der Waals surface area contributed by atoms with E-state index in [1.165, 1.54) is 24.3 Å². The third kappa shape index (κ3) is 23.6. The standard InChI is InChI=1S/C30H52FNO6Si.C29H50FNO7Si/c1-19(2)27(38-39(20(3)4,21(5)6)22(7)8)26(18-23-12-14-24(31)15-13-23)36-17-16-25(28(33)34)32-29(35)37-30(9,10)11;1-18(2)39(19(3)4,20(5)6)38-26(21(7)32)25(17-22-11-13-23(30)14-12-22)36-16-15-24(27(33)34)31-28(35)37-29(8,9)10/h12-15,19-22,25-27H,16-18H2,1-11H3,(H,32,35)(H,33,34);11-14,18-21,24-26,32H,15-17H2,1-10H3,(H,31,35)(H,33,34)/t25-,26+,27-;21-,24-,25+,26-/m00/s1. The van der Waals surface area contributed by atoms with Crippen LogP contribution < -0.4 is 10.6 Å². The Balaban J connectivity index is 0.000000780. The number of aliphatic carboxylic acids is 2. The molecule has 0 heterocycles. The zero-order valence-corrected chi connectivity index (χ0v) is 53.1. The Morgan fingerprint density at radius 1 is 0.500 bits per heavy atom. The van der Waals surface area contributed by atoms with Crippen molar-refractivity contribution in [1.82, 2.24) is 10.6 Å². The van der Waals surface area contributed by atoms with Crippen LogP contribution in [0.25, 0.3) is 0 Å². The minimum atomic E-state index is -2.43. The van der Waals surface area contributed by atoms with Crippen LogP contribution in [-0.4, -0.2) is 123 Å². The molecule has 7 atom stereocenters. The van der Waals surface area contributed by atoms with Gasteiger partial charge in [0.25, 0.3) is 0 Å². The Morgan fingerprint density at radius 3 is 1.03 bits per heavy atom. The summed E-state index contributed by atoms with van der Waals surface area (Å²) >= 11 is 0. The first-order valence-corrected chi connectivity index (χ1v) is 32.3. The molecule has 0 aliphatic heterocycles. The molecule has 0 aromatic heterocycles. The van der Waals surface area contributed by atoms with E-state index in [1.807, 2.05) is 0 Å². The lowest BCUT2D eigenvalue weighted by molar-refractivity contribution is -0.141. The van der Waals surface area contributed by atoms with Crippen LogP contribution in [0.3, 0.4) is 0 Å². The summed E-state index contributed by atoms with van der Waals surface area (Å²) in [4.78, 5) is 48.1. The van der Waals surface area contributed by atoms with E-state index in [1.54, 1.807) is 72.7 Å². The van der Waals surface area contributed by atoms with Crippen molar-refractivity contribution in [2.75, 3.05) is 13.2 Å². The molecule has 2 rings (SSSR count). The van der Waals surface area contributed by atoms with Gasteiger partial charge >= 0.3 is 24.1 Å². The number of halogens is 2. The van der Waals surface area contributed by atoms with Gasteiger partial charge in [-0.1, -0.05) is 121 Å². The maximum Gasteiger partial charge on any atom is 0.408 e. The van der Waals surface area contributed by atoms with Crippen molar-refractivity contribution in [3.63, 3.8) is 0 Å². The van der Waals surface area contributed by atoms with Crippen LogP contribution in [0, 0.1) is 17.6 Å². The van der Waals surface area contributed by atoms with Crippen LogP contribution >= 0.6 is 0 Å². The van der Waals surface area contributed by atoms with Crippen LogP contribution in [0.2, 0.25) is 33.2 Å². The molecule has 0 aliphatic rings. The van der Waals surface area contributed by atoms with Gasteiger partial charge in [-0.25, -0.2) is 28.0 Å². The summed E-state index contributed by atoms with van der Waals surface area (Å²) in [6, 6.07) is 10.00. The van der Waals surface area contributed by atoms with Gasteiger partial charge in [-0.2, -0.15) is 0 Å². The van der Waals surface area contributed by atoms with E-state index in [4.69, 9.17) is 27.8 Å². The number of carboxylic acid groups (broad SMARTS) is 2. The predicted octanol–water partition coefficient (Wildman–Crippen LogP) is 13.4. The third-order valence-electron chi connectivity index (χ3n) is 14.1. The lowest BCUT2D eigenvalue weighted by Gasteiger charge is -2.47. The van der Waals surface area contributed by atoms with Crippen molar-refractivity contribution < 1.29 is 71.1 Å². The molecule has 0 saturated heterocycles. The lowest BCUT2D eigenvalue weighted by atomic mass is 9.96. The topological polar surface area (TPSA) is 208 Å². The zero-order valence-electron chi connectivity index (χ0n) is 51.1. The van der Waals surface area contributed by atoms with Crippen molar-refractivity contribution in [2.24, 2.45) is 5.92 Å². The smallest absolute Gasteiger partial charge is 0.408 e. The van der Waals surface area contributed by atoms with Gasteiger partial charge in [-0.3, -0.25) is 0 Å². The fourth-order valence-electron chi connectivity index (χ4n) is 10.7. The number of alkyl carbamates (subject to hydrolysis) is 2. The van der Waals surface area contributed by atoms with Crippen molar-refractivity contribution in [1.29, 1.82) is 0 Å². The number of hydrogen-bond donors (Lipinski definition) is 5. The summed E-state index contributed by atoms with van der Waals surface area (Å²) in [7, 11) is -4.71. The highest BCUT2D eigenvalue weighted by Gasteiger charge is 2.50. The first kappa shape index (κ1) is 72.0. The molecule has 0 spiro atoms. The fraction of sp³-hybridized carbons (Fsp3) is 0.729. The highest BCUT2D eigenvalue weighted by Crippen LogP contribution is 2.45. The minimum Gasteiger partial charge on any atom is -0.480 e. The number of carbonyl (C=O) groups excluding carboxylic acids is 2. The second-order valence-electron chi connectivity index (χ2n) is 24.9. The first-order chi connectivity index (χ1) is 35.8. The number of rotatable bonds is 30. The Labute approximate surface area is 469 Å². The molecule has 0 bridgehead atoms. The van der Waals surface area contributed by atoms with E-state index < -0.39 is 88.5 Å². The number of hydrogen-bond acceptors (Lipinski definition) is 11. The van der Waals surface area contributed by atoms with Crippen LogP contribution in [-0.2, 0) is 50.2 Å². The Hall–Kier alpha value is -3.99. The molecule has 5 N–H and O–H groups in total. The number of nitrogens with one attached hydrogen (secondary N) is 2. The first-order valence-electron chi connectivity index (χ1n) is 28.0. The molecule has 0 aliphatic carbocycles. The van der Waals surface area contributed by atoms with E-state index in [0.717, 1.165) is 11.1 Å². The van der Waals surface area contributed by atoms with Crippen LogP contribution in [0.1, 0.15) is 169 Å². The summed E-state index contributed by atoms with van der Waals surface area (Å²) in [6.07, 6.45) is -3.65. The van der Waals surface area contributed by atoms with E-state index >= 15 is 0 Å². The normalized spacial score (nSPS) is 15.4. The maximum atomic E-state index is 13.6. The molecule has 78 heavy (non-hydrogen) atoms. The number of carbonyl (C=O) groups is 4. The van der Waals surface area contributed by atoms with E-state index in [-0.39, 0.29) is 66.3 Å². The number of aliphatic hydroxyl groups is 1. The molecule has 2 aromatic carbocycles. The Kier molecular flexibility index (Phi) is 30.0. The fourth-order valence-corrected chi connectivity index (χ4v) is 22.1. The molecule has 2 amide bonds. The second kappa shape index (κ2) is 32.5. The van der Waals surface area contributed by atoms with Gasteiger partial charge in [-0.05, 0) is 123 Å². The van der Waals surface area contributed by atoms with Crippen molar-refractivity contribution in [2.45, 2.75) is 258 Å². The predicted molar refractivity (Wildman–Crippen MR) is 309 cm³/mol. The third-order valence-corrected chi connectivity index (χ3v) is 26.3. The molecular formula is C59H102F2N2O13Si2. The quantitative estimate of drug-likeness (QED) is 0.0462. The summed E-state index contributed by atoms with van der Waals surface area (Å²) < 4.78 is 64.4. The maximum absolute atomic E-state index is 13.6. The van der Waals surface area contributed by atoms with E-state index in [0.29, 0.717) is 29.5 Å². The molecule has 0 fully saturated rings. The number of carboxylic acids is 2. The lowest BCUT2D eigenvalue weighted by Crippen LogP contribution is -2.55. The summed E-state index contributed by atoms with van der Waals surface area (Å²) in [6.45, 7) is 42.5. The highest BCUT2D eigenvalue weighted by atomic mass is 28.4. The second-order valence-corrected chi connectivity index (χ2v) is 35.7. The molecule has 448 valence electrons. The highest BCUT2D eigenvalue weighted by molar-refractivity contribution is 6.78. The molecule has 15 nitrogen and oxygen atoms in total. The monoisotopic (exact) mass is 1140 g/mol. The number of amides is 2. The molecule has 0 unspecified atom stereocenters. The van der Waals surface area contributed by atoms with Gasteiger partial charge < -0.3 is 53.8 Å². The van der Waals surface area contributed by atoms with Gasteiger partial charge in [-0.15, -0.1) is 0 Å². The van der Waals surface area contributed by atoms with E-state index in [2.05, 4.69) is 108 Å². The summed E-state index contributed by atoms with van der Waals surface area (Å²) in [5, 5.41) is 35.1. The van der Waals surface area contributed by atoms with Crippen molar-refractivity contribution in [3.8, 4) is 0 Å². The Morgan fingerprint density at radius 2 is 0.782 bits per heavy atom. The number of benzene rings is 2. The average Bonchev–Trinajstić information content (AvgIpc) is 3.27. The average molecular weight is 1140 g/mol. The van der Waals surface area contributed by atoms with Gasteiger partial charge in [0.15, 0.2) is 0 Å². The van der Waals surface area contributed by atoms with Gasteiger partial charge in [0.2, 0.25) is 16.6 Å². The van der Waals surface area contributed by atoms with Crippen LogP contribution in [0.4, 0.5) is 18.4 Å². The van der Waals surface area contributed by atoms with Crippen LogP contribution in [0.5, 0.6) is 0 Å². The van der Waals surface area contributed by atoms with Crippen molar-refractivity contribution >= 4 is 40.8 Å². The summed E-state index contributed by atoms with van der Waals surface area (Å²) in [5.41, 5.74) is 2.10. The van der Waals surface area contributed by atoms with Crippen LogP contribution in [0.15, 0.2) is 48.5 Å². The van der Waals surface area contributed by atoms with Gasteiger partial charge in [0, 0.05) is 38.9 Å². The number of aliphatic hydroxyl groups excluding tert-OH is 1. The molecule has 0 radical (unpaired) electrons. The molecule has 2 aromatic rings. The van der Waals surface area contributed by atoms with E-state index in [9.17, 15) is 43.3 Å². The SMILES string of the molecule is CC(C)[C@H](O[Si](C(C)C)(C(C)C)C(C)C)[C@@H](Cc1ccc(F)cc1)OCC[C@H](NC(=O)OC(C)(C)C)C(=O)O.CC(C)[Si](O[C@@H]([C@H](C)O)[C@@H](Cc1ccc(F)cc1)OCC[C@H](NC(=O)OC(C)(C)C)C(=O)O)(C(C)C)C(C)C. The minimum absolute atomic E-state index is 0.0230.